The van der Waals surface area contributed by atoms with Crippen molar-refractivity contribution < 1.29 is 4.79 Å². The van der Waals surface area contributed by atoms with Crippen LogP contribution >= 0.6 is 11.5 Å². The minimum absolute atomic E-state index is 0.185. The van der Waals surface area contributed by atoms with Crippen LogP contribution in [0.3, 0.4) is 0 Å². The summed E-state index contributed by atoms with van der Waals surface area (Å²) in [4.78, 5) is 12.1. The lowest BCUT2D eigenvalue weighted by Gasteiger charge is -2.01. The summed E-state index contributed by atoms with van der Waals surface area (Å²) in [6, 6.07) is 10.8. The van der Waals surface area contributed by atoms with E-state index in [1.165, 1.54) is 0 Å². The first-order valence-corrected chi connectivity index (χ1v) is 5.11. The molecule has 0 spiro atoms. The zero-order valence-corrected chi connectivity index (χ0v) is 8.62. The summed E-state index contributed by atoms with van der Waals surface area (Å²) in [6.45, 7) is 0. The number of aromatic nitrogens is 1. The summed E-state index contributed by atoms with van der Waals surface area (Å²) in [6.07, 6.45) is 0. The van der Waals surface area contributed by atoms with Crippen LogP contribution in [-0.4, -0.2) is 10.3 Å². The van der Waals surface area contributed by atoms with E-state index in [9.17, 15) is 4.79 Å². The summed E-state index contributed by atoms with van der Waals surface area (Å²) in [5, 5.41) is 2.75. The first kappa shape index (κ1) is 9.67. The van der Waals surface area contributed by atoms with E-state index in [0.717, 1.165) is 17.2 Å². The molecular weight excluding hydrogens is 210 g/mol. The zero-order valence-electron chi connectivity index (χ0n) is 7.81. The molecule has 3 N–H and O–H groups in total. The molecule has 5 heteroatoms. The van der Waals surface area contributed by atoms with Gasteiger partial charge in [0.15, 0.2) is 0 Å². The molecule has 0 radical (unpaired) electrons. The number of anilines is 2. The standard InChI is InChI=1S/C10H9N3OS/c11-9-6-8(15-13-9)10(14)12-7-4-2-1-3-5-7/h1-6H,(H2,11,13)(H,12,14). The second-order valence-corrected chi connectivity index (χ2v) is 3.74. The number of nitrogens with one attached hydrogen (secondary N) is 1. The number of benzene rings is 1. The van der Waals surface area contributed by atoms with Crippen molar-refractivity contribution in [3.8, 4) is 0 Å². The minimum Gasteiger partial charge on any atom is -0.383 e. The van der Waals surface area contributed by atoms with Crippen molar-refractivity contribution in [2.75, 3.05) is 11.1 Å². The molecule has 0 saturated heterocycles. The topological polar surface area (TPSA) is 68.0 Å². The molecule has 0 saturated carbocycles. The molecule has 2 rings (SSSR count). The average molecular weight is 219 g/mol. The summed E-state index contributed by atoms with van der Waals surface area (Å²) in [5.74, 6) is 0.189. The van der Waals surface area contributed by atoms with Gasteiger partial charge in [0, 0.05) is 11.8 Å². The van der Waals surface area contributed by atoms with Crippen molar-refractivity contribution in [3.63, 3.8) is 0 Å². The zero-order chi connectivity index (χ0) is 10.7. The van der Waals surface area contributed by atoms with E-state index in [4.69, 9.17) is 5.73 Å². The van der Waals surface area contributed by atoms with Crippen LogP contribution in [0.2, 0.25) is 0 Å². The van der Waals surface area contributed by atoms with Gasteiger partial charge < -0.3 is 11.1 Å². The Labute approximate surface area is 90.9 Å². The highest BCUT2D eigenvalue weighted by molar-refractivity contribution is 7.08. The molecule has 0 bridgehead atoms. The van der Waals surface area contributed by atoms with Gasteiger partial charge in [-0.05, 0) is 23.7 Å². The van der Waals surface area contributed by atoms with Crippen molar-refractivity contribution in [1.82, 2.24) is 4.37 Å². The molecule has 1 aromatic heterocycles. The Morgan fingerprint density at radius 3 is 2.67 bits per heavy atom. The Morgan fingerprint density at radius 1 is 1.33 bits per heavy atom. The van der Waals surface area contributed by atoms with Crippen LogP contribution in [-0.2, 0) is 0 Å². The smallest absolute Gasteiger partial charge is 0.267 e. The average Bonchev–Trinajstić information content (AvgIpc) is 2.66. The predicted molar refractivity (Wildman–Crippen MR) is 60.9 cm³/mol. The van der Waals surface area contributed by atoms with Crippen LogP contribution in [0.15, 0.2) is 36.4 Å². The molecule has 0 aliphatic heterocycles. The summed E-state index contributed by atoms with van der Waals surface area (Å²) >= 11 is 1.09. The molecule has 4 nitrogen and oxygen atoms in total. The van der Waals surface area contributed by atoms with Gasteiger partial charge in [0.1, 0.15) is 10.7 Å². The van der Waals surface area contributed by atoms with Gasteiger partial charge in [0.05, 0.1) is 0 Å². The number of nitrogen functional groups attached to an aromatic ring is 1. The van der Waals surface area contributed by atoms with Gasteiger partial charge in [0.25, 0.3) is 5.91 Å². The van der Waals surface area contributed by atoms with Crippen LogP contribution in [0.4, 0.5) is 11.5 Å². The van der Waals surface area contributed by atoms with Crippen LogP contribution < -0.4 is 11.1 Å². The minimum atomic E-state index is -0.185. The number of rotatable bonds is 2. The Hall–Kier alpha value is -1.88. The maximum atomic E-state index is 11.6. The highest BCUT2D eigenvalue weighted by Crippen LogP contribution is 2.14. The van der Waals surface area contributed by atoms with Gasteiger partial charge >= 0.3 is 0 Å². The molecule has 0 aliphatic rings. The van der Waals surface area contributed by atoms with Gasteiger partial charge in [-0.15, -0.1) is 0 Å². The fourth-order valence-corrected chi connectivity index (χ4v) is 1.67. The lowest BCUT2D eigenvalue weighted by Crippen LogP contribution is -2.09. The SMILES string of the molecule is Nc1cc(C(=O)Nc2ccccc2)sn1. The number of hydrogen-bond donors (Lipinski definition) is 2. The molecular formula is C10H9N3OS. The number of hydrogen-bond acceptors (Lipinski definition) is 4. The largest absolute Gasteiger partial charge is 0.383 e. The highest BCUT2D eigenvalue weighted by atomic mass is 32.1. The number of carbonyl (C=O) groups is 1. The van der Waals surface area contributed by atoms with Gasteiger partial charge in [-0.2, -0.15) is 4.37 Å². The third-order valence-corrected chi connectivity index (χ3v) is 2.59. The van der Waals surface area contributed by atoms with Crippen molar-refractivity contribution >= 4 is 28.9 Å². The number of nitrogens with two attached hydrogens (primary N) is 1. The number of carbonyl (C=O) groups excluding carboxylic acids is 1. The number of nitrogens with zero attached hydrogens (tertiary/aromatic N) is 1. The fourth-order valence-electron chi connectivity index (χ4n) is 1.11. The van der Waals surface area contributed by atoms with Gasteiger partial charge in [-0.3, -0.25) is 4.79 Å². The maximum absolute atomic E-state index is 11.6. The number of para-hydroxylation sites is 1. The normalized spacial score (nSPS) is 9.87. The number of amides is 1. The first-order valence-electron chi connectivity index (χ1n) is 4.34. The Balaban J connectivity index is 2.11. The third kappa shape index (κ3) is 2.32. The second-order valence-electron chi connectivity index (χ2n) is 2.94. The van der Waals surface area contributed by atoms with Crippen molar-refractivity contribution in [1.29, 1.82) is 0 Å². The van der Waals surface area contributed by atoms with E-state index < -0.39 is 0 Å². The Morgan fingerprint density at radius 2 is 2.07 bits per heavy atom. The van der Waals surface area contributed by atoms with E-state index >= 15 is 0 Å². The van der Waals surface area contributed by atoms with Crippen LogP contribution in [0.25, 0.3) is 0 Å². The molecule has 0 aliphatic carbocycles. The second kappa shape index (κ2) is 4.10. The Kier molecular flexibility index (Phi) is 2.64. The molecule has 1 amide bonds. The molecule has 76 valence electrons. The monoisotopic (exact) mass is 219 g/mol. The lowest BCUT2D eigenvalue weighted by atomic mass is 10.3. The third-order valence-electron chi connectivity index (χ3n) is 1.78. The molecule has 0 atom stereocenters. The van der Waals surface area contributed by atoms with Crippen molar-refractivity contribution in [2.45, 2.75) is 0 Å². The van der Waals surface area contributed by atoms with Gasteiger partial charge in [0.2, 0.25) is 0 Å². The summed E-state index contributed by atoms with van der Waals surface area (Å²) in [5.41, 5.74) is 6.19. The van der Waals surface area contributed by atoms with Crippen LogP contribution in [0.5, 0.6) is 0 Å². The maximum Gasteiger partial charge on any atom is 0.267 e. The summed E-state index contributed by atoms with van der Waals surface area (Å²) < 4.78 is 3.84. The molecule has 1 aromatic carbocycles. The summed E-state index contributed by atoms with van der Waals surface area (Å²) in [7, 11) is 0. The van der Waals surface area contributed by atoms with E-state index in [0.29, 0.717) is 10.7 Å². The van der Waals surface area contributed by atoms with E-state index in [-0.39, 0.29) is 5.91 Å². The van der Waals surface area contributed by atoms with Gasteiger partial charge in [-0.25, -0.2) is 0 Å². The molecule has 0 fully saturated rings. The fraction of sp³-hybridized carbons (Fsp3) is 0. The van der Waals surface area contributed by atoms with Crippen molar-refractivity contribution in [3.05, 3.63) is 41.3 Å². The Bertz CT molecular complexity index is 467. The molecule has 0 unspecified atom stereocenters. The van der Waals surface area contributed by atoms with Gasteiger partial charge in [-0.1, -0.05) is 18.2 Å². The molecule has 2 aromatic rings. The van der Waals surface area contributed by atoms with Crippen molar-refractivity contribution in [2.24, 2.45) is 0 Å². The van der Waals surface area contributed by atoms with E-state index in [1.807, 2.05) is 30.3 Å². The van der Waals surface area contributed by atoms with E-state index in [1.54, 1.807) is 6.07 Å². The lowest BCUT2D eigenvalue weighted by molar-refractivity contribution is 0.103. The first-order chi connectivity index (χ1) is 7.25. The van der Waals surface area contributed by atoms with Crippen LogP contribution in [0, 0.1) is 0 Å². The van der Waals surface area contributed by atoms with E-state index in [2.05, 4.69) is 9.69 Å². The quantitative estimate of drug-likeness (QED) is 0.811. The van der Waals surface area contributed by atoms with Crippen LogP contribution in [0.1, 0.15) is 9.67 Å². The highest BCUT2D eigenvalue weighted by Gasteiger charge is 2.08. The predicted octanol–water partition coefficient (Wildman–Crippen LogP) is 1.98. The molecule has 15 heavy (non-hydrogen) atoms. The molecule has 1 heterocycles.